The molecular formula is C14H25NO. The molecule has 2 atom stereocenters. The van der Waals surface area contributed by atoms with E-state index >= 15 is 0 Å². The van der Waals surface area contributed by atoms with Crippen molar-refractivity contribution in [2.45, 2.75) is 60.0 Å². The summed E-state index contributed by atoms with van der Waals surface area (Å²) in [6.07, 6.45) is 1.21. The first-order valence-electron chi connectivity index (χ1n) is 6.23. The molecule has 1 N–H and O–H groups in total. The lowest BCUT2D eigenvalue weighted by Crippen LogP contribution is -2.30. The SMILES string of the molecule is Cc1cc(C(C)NC(C)CC(C)C)c(C)o1. The molecule has 0 bridgehead atoms. The molecule has 16 heavy (non-hydrogen) atoms. The summed E-state index contributed by atoms with van der Waals surface area (Å²) in [5.41, 5.74) is 1.29. The monoisotopic (exact) mass is 223 g/mol. The maximum absolute atomic E-state index is 5.56. The summed E-state index contributed by atoms with van der Waals surface area (Å²) in [6, 6.07) is 3.05. The van der Waals surface area contributed by atoms with Gasteiger partial charge in [-0.3, -0.25) is 0 Å². The first-order chi connectivity index (χ1) is 7.40. The Morgan fingerprint density at radius 2 is 1.81 bits per heavy atom. The van der Waals surface area contributed by atoms with Crippen LogP contribution in [-0.2, 0) is 0 Å². The molecule has 2 heteroatoms. The van der Waals surface area contributed by atoms with Crippen LogP contribution in [0.4, 0.5) is 0 Å². The Balaban J connectivity index is 2.58. The van der Waals surface area contributed by atoms with Gasteiger partial charge in [0.1, 0.15) is 11.5 Å². The minimum absolute atomic E-state index is 0.367. The fourth-order valence-electron chi connectivity index (χ4n) is 2.37. The highest BCUT2D eigenvalue weighted by molar-refractivity contribution is 5.23. The molecule has 1 aromatic rings. The van der Waals surface area contributed by atoms with E-state index in [-0.39, 0.29) is 0 Å². The molecule has 1 heterocycles. The van der Waals surface area contributed by atoms with Gasteiger partial charge in [-0.05, 0) is 46.1 Å². The van der Waals surface area contributed by atoms with Crippen LogP contribution in [0.2, 0.25) is 0 Å². The lowest BCUT2D eigenvalue weighted by molar-refractivity contribution is 0.402. The number of nitrogens with one attached hydrogen (secondary N) is 1. The van der Waals surface area contributed by atoms with E-state index in [1.54, 1.807) is 0 Å². The average molecular weight is 223 g/mol. The lowest BCUT2D eigenvalue weighted by Gasteiger charge is -2.21. The molecule has 1 rings (SSSR count). The minimum atomic E-state index is 0.367. The summed E-state index contributed by atoms with van der Waals surface area (Å²) >= 11 is 0. The molecule has 0 aromatic carbocycles. The maximum atomic E-state index is 5.56. The number of aryl methyl sites for hydroxylation is 2. The van der Waals surface area contributed by atoms with Gasteiger partial charge in [0.25, 0.3) is 0 Å². The van der Waals surface area contributed by atoms with E-state index < -0.39 is 0 Å². The van der Waals surface area contributed by atoms with Crippen molar-refractivity contribution in [2.75, 3.05) is 0 Å². The highest BCUT2D eigenvalue weighted by Crippen LogP contribution is 2.22. The number of furan rings is 1. The van der Waals surface area contributed by atoms with Crippen molar-refractivity contribution in [1.82, 2.24) is 5.32 Å². The Labute approximate surface area is 99.4 Å². The van der Waals surface area contributed by atoms with Crippen LogP contribution in [0.5, 0.6) is 0 Å². The molecule has 0 amide bonds. The maximum Gasteiger partial charge on any atom is 0.105 e. The molecular weight excluding hydrogens is 198 g/mol. The van der Waals surface area contributed by atoms with Gasteiger partial charge in [-0.15, -0.1) is 0 Å². The highest BCUT2D eigenvalue weighted by atomic mass is 16.3. The Morgan fingerprint density at radius 3 is 2.25 bits per heavy atom. The van der Waals surface area contributed by atoms with E-state index in [9.17, 15) is 0 Å². The fraction of sp³-hybridized carbons (Fsp3) is 0.714. The third-order valence-electron chi connectivity index (χ3n) is 2.91. The van der Waals surface area contributed by atoms with Gasteiger partial charge >= 0.3 is 0 Å². The van der Waals surface area contributed by atoms with E-state index in [1.165, 1.54) is 12.0 Å². The van der Waals surface area contributed by atoms with Crippen LogP contribution >= 0.6 is 0 Å². The van der Waals surface area contributed by atoms with Gasteiger partial charge in [-0.1, -0.05) is 13.8 Å². The zero-order valence-electron chi connectivity index (χ0n) is 11.4. The van der Waals surface area contributed by atoms with Gasteiger partial charge in [0.15, 0.2) is 0 Å². The normalized spacial score (nSPS) is 15.4. The smallest absolute Gasteiger partial charge is 0.105 e. The predicted molar refractivity (Wildman–Crippen MR) is 68.6 cm³/mol. The van der Waals surface area contributed by atoms with Crippen LogP contribution < -0.4 is 5.32 Å². The second-order valence-corrected chi connectivity index (χ2v) is 5.29. The molecule has 1 aromatic heterocycles. The topological polar surface area (TPSA) is 25.2 Å². The standard InChI is InChI=1S/C14H25NO/c1-9(2)7-10(3)15-12(5)14-8-11(4)16-13(14)6/h8-10,12,15H,7H2,1-6H3. The van der Waals surface area contributed by atoms with Crippen LogP contribution in [0.25, 0.3) is 0 Å². The number of rotatable bonds is 5. The van der Waals surface area contributed by atoms with Gasteiger partial charge < -0.3 is 9.73 Å². The first-order valence-corrected chi connectivity index (χ1v) is 6.23. The Bertz CT molecular complexity index is 327. The molecule has 0 fully saturated rings. The van der Waals surface area contributed by atoms with Gasteiger partial charge in [-0.25, -0.2) is 0 Å². The summed E-state index contributed by atoms with van der Waals surface area (Å²) in [5.74, 6) is 2.77. The number of hydrogen-bond acceptors (Lipinski definition) is 2. The molecule has 0 aliphatic heterocycles. The molecule has 0 spiro atoms. The van der Waals surface area contributed by atoms with Gasteiger partial charge in [0.2, 0.25) is 0 Å². The summed E-state index contributed by atoms with van der Waals surface area (Å²) in [5, 5.41) is 3.62. The van der Waals surface area contributed by atoms with Crippen LogP contribution in [0.1, 0.15) is 57.2 Å². The van der Waals surface area contributed by atoms with Crippen molar-refractivity contribution in [3.63, 3.8) is 0 Å². The summed E-state index contributed by atoms with van der Waals surface area (Å²) in [6.45, 7) is 13.0. The van der Waals surface area contributed by atoms with E-state index in [2.05, 4.69) is 39.1 Å². The van der Waals surface area contributed by atoms with Crippen LogP contribution in [0.3, 0.4) is 0 Å². The quantitative estimate of drug-likeness (QED) is 0.816. The average Bonchev–Trinajstić information content (AvgIpc) is 2.43. The van der Waals surface area contributed by atoms with E-state index in [1.807, 2.05) is 13.8 Å². The Morgan fingerprint density at radius 1 is 1.19 bits per heavy atom. The van der Waals surface area contributed by atoms with Crippen molar-refractivity contribution in [3.05, 3.63) is 23.2 Å². The van der Waals surface area contributed by atoms with Crippen LogP contribution in [0.15, 0.2) is 10.5 Å². The Hall–Kier alpha value is -0.760. The summed E-state index contributed by atoms with van der Waals surface area (Å²) in [4.78, 5) is 0. The molecule has 0 saturated carbocycles. The van der Waals surface area contributed by atoms with Crippen molar-refractivity contribution in [3.8, 4) is 0 Å². The zero-order chi connectivity index (χ0) is 12.3. The molecule has 0 aliphatic rings. The second-order valence-electron chi connectivity index (χ2n) is 5.29. The van der Waals surface area contributed by atoms with Crippen molar-refractivity contribution >= 4 is 0 Å². The van der Waals surface area contributed by atoms with Gasteiger partial charge in [0, 0.05) is 17.6 Å². The van der Waals surface area contributed by atoms with Gasteiger partial charge in [-0.2, -0.15) is 0 Å². The van der Waals surface area contributed by atoms with Crippen molar-refractivity contribution in [1.29, 1.82) is 0 Å². The summed E-state index contributed by atoms with van der Waals surface area (Å²) in [7, 11) is 0. The van der Waals surface area contributed by atoms with Crippen LogP contribution in [0, 0.1) is 19.8 Å². The molecule has 0 saturated heterocycles. The van der Waals surface area contributed by atoms with Crippen molar-refractivity contribution in [2.24, 2.45) is 5.92 Å². The molecule has 2 unspecified atom stereocenters. The largest absolute Gasteiger partial charge is 0.466 e. The molecule has 2 nitrogen and oxygen atoms in total. The van der Waals surface area contributed by atoms with E-state index in [4.69, 9.17) is 4.42 Å². The van der Waals surface area contributed by atoms with Crippen molar-refractivity contribution < 1.29 is 4.42 Å². The Kier molecular flexibility index (Phi) is 4.60. The second kappa shape index (κ2) is 5.53. The van der Waals surface area contributed by atoms with Crippen LogP contribution in [-0.4, -0.2) is 6.04 Å². The predicted octanol–water partition coefficient (Wildman–Crippen LogP) is 3.98. The molecule has 0 radical (unpaired) electrons. The molecule has 0 aliphatic carbocycles. The third kappa shape index (κ3) is 3.67. The highest BCUT2D eigenvalue weighted by Gasteiger charge is 2.15. The van der Waals surface area contributed by atoms with E-state index in [0.717, 1.165) is 17.4 Å². The van der Waals surface area contributed by atoms with Gasteiger partial charge in [0.05, 0.1) is 0 Å². The lowest BCUT2D eigenvalue weighted by atomic mass is 10.0. The molecule has 92 valence electrons. The first kappa shape index (κ1) is 13.3. The third-order valence-corrected chi connectivity index (χ3v) is 2.91. The van der Waals surface area contributed by atoms with E-state index in [0.29, 0.717) is 12.1 Å². The summed E-state index contributed by atoms with van der Waals surface area (Å²) < 4.78 is 5.56. The number of hydrogen-bond donors (Lipinski definition) is 1. The minimum Gasteiger partial charge on any atom is -0.466 e. The zero-order valence-corrected chi connectivity index (χ0v) is 11.4. The fourth-order valence-corrected chi connectivity index (χ4v) is 2.37.